The van der Waals surface area contributed by atoms with E-state index in [1.807, 2.05) is 43.4 Å². The molecule has 94 valence electrons. The van der Waals surface area contributed by atoms with Crippen LogP contribution in [0.3, 0.4) is 0 Å². The van der Waals surface area contributed by atoms with Crippen molar-refractivity contribution in [3.63, 3.8) is 0 Å². The SMILES string of the molecule is CNC(Cc1cccc(Cl)c1Cl)c1ccccc1. The zero-order chi connectivity index (χ0) is 13.0. The predicted octanol–water partition coefficient (Wildman–Crippen LogP) is 4.50. The van der Waals surface area contributed by atoms with Gasteiger partial charge in [0, 0.05) is 6.04 Å². The van der Waals surface area contributed by atoms with Gasteiger partial charge in [0.25, 0.3) is 0 Å². The molecular weight excluding hydrogens is 265 g/mol. The van der Waals surface area contributed by atoms with Gasteiger partial charge in [-0.1, -0.05) is 65.7 Å². The van der Waals surface area contributed by atoms with Gasteiger partial charge in [0.2, 0.25) is 0 Å². The molecule has 0 saturated heterocycles. The highest BCUT2D eigenvalue weighted by Gasteiger charge is 2.12. The van der Waals surface area contributed by atoms with Crippen LogP contribution in [0, 0.1) is 0 Å². The molecule has 2 aromatic rings. The van der Waals surface area contributed by atoms with E-state index in [0.717, 1.165) is 12.0 Å². The van der Waals surface area contributed by atoms with Crippen molar-refractivity contribution in [1.29, 1.82) is 0 Å². The van der Waals surface area contributed by atoms with Crippen molar-refractivity contribution in [2.75, 3.05) is 7.05 Å². The molecule has 0 bridgehead atoms. The summed E-state index contributed by atoms with van der Waals surface area (Å²) in [7, 11) is 1.95. The Morgan fingerprint density at radius 2 is 1.72 bits per heavy atom. The molecule has 0 aliphatic heterocycles. The van der Waals surface area contributed by atoms with E-state index in [1.54, 1.807) is 0 Å². The first-order valence-corrected chi connectivity index (χ1v) is 6.63. The molecule has 0 amide bonds. The molecular formula is C15H15Cl2N. The Hall–Kier alpha value is -1.02. The van der Waals surface area contributed by atoms with E-state index in [-0.39, 0.29) is 6.04 Å². The third-order valence-electron chi connectivity index (χ3n) is 3.01. The summed E-state index contributed by atoms with van der Waals surface area (Å²) in [5, 5.41) is 4.57. The summed E-state index contributed by atoms with van der Waals surface area (Å²) >= 11 is 12.3. The minimum atomic E-state index is 0.238. The number of nitrogens with one attached hydrogen (secondary N) is 1. The van der Waals surface area contributed by atoms with Crippen molar-refractivity contribution in [1.82, 2.24) is 5.32 Å². The Kier molecular flexibility index (Phi) is 4.65. The summed E-state index contributed by atoms with van der Waals surface area (Å²) in [4.78, 5) is 0. The number of hydrogen-bond donors (Lipinski definition) is 1. The van der Waals surface area contributed by atoms with Crippen LogP contribution in [-0.4, -0.2) is 7.05 Å². The molecule has 0 aliphatic carbocycles. The largest absolute Gasteiger partial charge is 0.313 e. The third-order valence-corrected chi connectivity index (χ3v) is 3.86. The lowest BCUT2D eigenvalue weighted by Crippen LogP contribution is -2.18. The van der Waals surface area contributed by atoms with Crippen LogP contribution in [0.2, 0.25) is 10.0 Å². The molecule has 1 N–H and O–H groups in total. The first-order valence-electron chi connectivity index (χ1n) is 5.87. The van der Waals surface area contributed by atoms with Crippen LogP contribution in [-0.2, 0) is 6.42 Å². The zero-order valence-corrected chi connectivity index (χ0v) is 11.7. The van der Waals surface area contributed by atoms with Crippen molar-refractivity contribution in [2.45, 2.75) is 12.5 Å². The average Bonchev–Trinajstić information content (AvgIpc) is 2.41. The third kappa shape index (κ3) is 3.05. The van der Waals surface area contributed by atoms with Crippen molar-refractivity contribution < 1.29 is 0 Å². The monoisotopic (exact) mass is 279 g/mol. The maximum absolute atomic E-state index is 6.22. The van der Waals surface area contributed by atoms with Crippen LogP contribution in [0.25, 0.3) is 0 Å². The lowest BCUT2D eigenvalue weighted by Gasteiger charge is -2.17. The van der Waals surface area contributed by atoms with E-state index in [1.165, 1.54) is 5.56 Å². The number of rotatable bonds is 4. The Morgan fingerprint density at radius 3 is 2.39 bits per heavy atom. The summed E-state index contributed by atoms with van der Waals surface area (Å²) in [6, 6.07) is 16.3. The Bertz CT molecular complexity index is 511. The van der Waals surface area contributed by atoms with E-state index in [2.05, 4.69) is 17.4 Å². The lowest BCUT2D eigenvalue weighted by molar-refractivity contribution is 0.592. The maximum Gasteiger partial charge on any atom is 0.0624 e. The lowest BCUT2D eigenvalue weighted by atomic mass is 9.99. The zero-order valence-electron chi connectivity index (χ0n) is 10.2. The van der Waals surface area contributed by atoms with Gasteiger partial charge in [-0.05, 0) is 30.7 Å². The van der Waals surface area contributed by atoms with E-state index < -0.39 is 0 Å². The van der Waals surface area contributed by atoms with Gasteiger partial charge < -0.3 is 5.32 Å². The molecule has 0 aromatic heterocycles. The number of hydrogen-bond acceptors (Lipinski definition) is 1. The number of benzene rings is 2. The average molecular weight is 280 g/mol. The molecule has 0 spiro atoms. The number of halogens is 2. The van der Waals surface area contributed by atoms with Gasteiger partial charge in [0.15, 0.2) is 0 Å². The normalized spacial score (nSPS) is 12.4. The molecule has 0 saturated carbocycles. The highest BCUT2D eigenvalue weighted by Crippen LogP contribution is 2.29. The first-order chi connectivity index (χ1) is 8.72. The molecule has 0 fully saturated rings. The van der Waals surface area contributed by atoms with Crippen molar-refractivity contribution in [3.8, 4) is 0 Å². The second kappa shape index (κ2) is 6.24. The molecule has 18 heavy (non-hydrogen) atoms. The highest BCUT2D eigenvalue weighted by molar-refractivity contribution is 6.42. The molecule has 0 aliphatic rings. The molecule has 2 aromatic carbocycles. The van der Waals surface area contributed by atoms with Gasteiger partial charge in [-0.25, -0.2) is 0 Å². The molecule has 0 heterocycles. The Labute approximate surface area is 118 Å². The van der Waals surface area contributed by atoms with E-state index in [9.17, 15) is 0 Å². The summed E-state index contributed by atoms with van der Waals surface area (Å²) < 4.78 is 0. The molecule has 1 nitrogen and oxygen atoms in total. The first kappa shape index (κ1) is 13.4. The molecule has 1 atom stereocenters. The van der Waals surface area contributed by atoms with Crippen molar-refractivity contribution in [3.05, 3.63) is 69.7 Å². The van der Waals surface area contributed by atoms with Gasteiger partial charge in [0.1, 0.15) is 0 Å². The fraction of sp³-hybridized carbons (Fsp3) is 0.200. The number of likely N-dealkylation sites (N-methyl/N-ethyl adjacent to an activating group) is 1. The summed E-state index contributed by atoms with van der Waals surface area (Å²) in [6.07, 6.45) is 0.819. The molecule has 3 heteroatoms. The van der Waals surface area contributed by atoms with Gasteiger partial charge in [-0.15, -0.1) is 0 Å². The van der Waals surface area contributed by atoms with Crippen LogP contribution in [0.1, 0.15) is 17.2 Å². The molecule has 1 unspecified atom stereocenters. The van der Waals surface area contributed by atoms with E-state index >= 15 is 0 Å². The van der Waals surface area contributed by atoms with Crippen LogP contribution < -0.4 is 5.32 Å². The second-order valence-electron chi connectivity index (χ2n) is 4.17. The van der Waals surface area contributed by atoms with Gasteiger partial charge >= 0.3 is 0 Å². The van der Waals surface area contributed by atoms with Crippen molar-refractivity contribution in [2.24, 2.45) is 0 Å². The van der Waals surface area contributed by atoms with Crippen LogP contribution in [0.5, 0.6) is 0 Å². The topological polar surface area (TPSA) is 12.0 Å². The quantitative estimate of drug-likeness (QED) is 0.869. The van der Waals surface area contributed by atoms with Crippen LogP contribution >= 0.6 is 23.2 Å². The van der Waals surface area contributed by atoms with E-state index in [4.69, 9.17) is 23.2 Å². The fourth-order valence-electron chi connectivity index (χ4n) is 2.00. The molecule has 2 rings (SSSR count). The van der Waals surface area contributed by atoms with Crippen LogP contribution in [0.15, 0.2) is 48.5 Å². The molecule has 0 radical (unpaired) electrons. The predicted molar refractivity (Wildman–Crippen MR) is 78.4 cm³/mol. The minimum Gasteiger partial charge on any atom is -0.313 e. The highest BCUT2D eigenvalue weighted by atomic mass is 35.5. The Morgan fingerprint density at radius 1 is 1.00 bits per heavy atom. The second-order valence-corrected chi connectivity index (χ2v) is 4.95. The Balaban J connectivity index is 2.24. The standard InChI is InChI=1S/C15H15Cl2N/c1-18-14(11-6-3-2-4-7-11)10-12-8-5-9-13(16)15(12)17/h2-9,14,18H,10H2,1H3. The van der Waals surface area contributed by atoms with Crippen LogP contribution in [0.4, 0.5) is 0 Å². The van der Waals surface area contributed by atoms with Gasteiger partial charge in [0.05, 0.1) is 10.0 Å². The van der Waals surface area contributed by atoms with E-state index in [0.29, 0.717) is 10.0 Å². The summed E-state index contributed by atoms with van der Waals surface area (Å²) in [5.41, 5.74) is 2.31. The smallest absolute Gasteiger partial charge is 0.0624 e. The summed E-state index contributed by atoms with van der Waals surface area (Å²) in [6.45, 7) is 0. The minimum absolute atomic E-state index is 0.238. The maximum atomic E-state index is 6.22. The fourth-order valence-corrected chi connectivity index (χ4v) is 2.40. The van der Waals surface area contributed by atoms with Gasteiger partial charge in [-0.2, -0.15) is 0 Å². The van der Waals surface area contributed by atoms with Crippen molar-refractivity contribution >= 4 is 23.2 Å². The summed E-state index contributed by atoms with van der Waals surface area (Å²) in [5.74, 6) is 0. The van der Waals surface area contributed by atoms with Gasteiger partial charge in [-0.3, -0.25) is 0 Å².